The van der Waals surface area contributed by atoms with Crippen molar-refractivity contribution in [3.63, 3.8) is 0 Å². The van der Waals surface area contributed by atoms with Crippen LogP contribution in [0.1, 0.15) is 75.6 Å². The van der Waals surface area contributed by atoms with Gasteiger partial charge in [0.25, 0.3) is 11.8 Å². The summed E-state index contributed by atoms with van der Waals surface area (Å²) >= 11 is 0. The summed E-state index contributed by atoms with van der Waals surface area (Å²) in [6.45, 7) is 7.25. The average molecular weight is 909 g/mol. The number of aromatic nitrogens is 5. The number of piperidine rings is 2. The minimum Gasteiger partial charge on any atom is -0.496 e. The highest BCUT2D eigenvalue weighted by Gasteiger charge is 2.28. The highest BCUT2D eigenvalue weighted by molar-refractivity contribution is 6.00. The molecule has 0 saturated carbocycles. The number of methoxy groups -OCH3 is 1. The molecule has 67 heavy (non-hydrogen) atoms. The molecule has 4 aliphatic heterocycles. The van der Waals surface area contributed by atoms with Gasteiger partial charge in [-0.15, -0.1) is 0 Å². The highest BCUT2D eigenvalue weighted by Crippen LogP contribution is 2.35. The van der Waals surface area contributed by atoms with Gasteiger partial charge in [-0.1, -0.05) is 30.3 Å². The van der Waals surface area contributed by atoms with Crippen molar-refractivity contribution in [2.24, 2.45) is 0 Å². The Morgan fingerprint density at radius 2 is 1.61 bits per heavy atom. The van der Waals surface area contributed by atoms with E-state index in [2.05, 4.69) is 59.6 Å². The molecule has 4 N–H and O–H groups in total. The summed E-state index contributed by atoms with van der Waals surface area (Å²) in [5, 5.41) is 10.8. The lowest BCUT2D eigenvalue weighted by molar-refractivity contribution is -0.133. The number of anilines is 3. The van der Waals surface area contributed by atoms with E-state index in [-0.39, 0.29) is 35.9 Å². The van der Waals surface area contributed by atoms with Gasteiger partial charge >= 0.3 is 0 Å². The minimum absolute atomic E-state index is 0.107. The third-order valence-corrected chi connectivity index (χ3v) is 12.9. The summed E-state index contributed by atoms with van der Waals surface area (Å²) in [5.74, 6) is 0.534. The van der Waals surface area contributed by atoms with Crippen LogP contribution in [0.3, 0.4) is 0 Å². The lowest BCUT2D eigenvalue weighted by atomic mass is 10.0. The number of carbonyl (C=O) groups excluding carboxylic acids is 4. The first kappa shape index (κ1) is 44.7. The Labute approximate surface area is 387 Å². The van der Waals surface area contributed by atoms with Gasteiger partial charge in [-0.3, -0.25) is 29.4 Å². The van der Waals surface area contributed by atoms with Crippen LogP contribution in [0.4, 0.5) is 21.7 Å². The molecule has 3 saturated heterocycles. The molecule has 4 aliphatic rings. The number of fused-ring (bicyclic) bond motifs is 2. The summed E-state index contributed by atoms with van der Waals surface area (Å²) < 4.78 is 21.1. The number of nitrogens with one attached hydrogen (secondary N) is 2. The maximum absolute atomic E-state index is 13.8. The van der Waals surface area contributed by atoms with Gasteiger partial charge in [-0.25, -0.2) is 24.0 Å². The van der Waals surface area contributed by atoms with Gasteiger partial charge < -0.3 is 30.5 Å². The van der Waals surface area contributed by atoms with Gasteiger partial charge in [0.15, 0.2) is 5.65 Å². The maximum atomic E-state index is 13.8. The molecule has 3 fully saturated rings. The van der Waals surface area contributed by atoms with Crippen LogP contribution in [0.5, 0.6) is 5.75 Å². The van der Waals surface area contributed by atoms with Crippen molar-refractivity contribution in [2.45, 2.75) is 57.8 Å². The molecule has 7 heterocycles. The molecule has 3 aromatic carbocycles. The van der Waals surface area contributed by atoms with Gasteiger partial charge in [0.05, 0.1) is 24.1 Å². The number of carbonyl (C=O) groups is 4. The number of nitrogen functional groups attached to an aromatic ring is 1. The first-order valence-corrected chi connectivity index (χ1v) is 22.6. The number of hydrogen-bond acceptors (Lipinski definition) is 13. The van der Waals surface area contributed by atoms with Crippen LogP contribution in [0.2, 0.25) is 0 Å². The standard InChI is InChI=1S/C44H46FN11O3.C5H7NO2/c1-52-26-31-21-34(9-10-35(31)44(52)58)54-19-17-53(18-20-54)25-29-5-12-38(47-24-29)55-15-13-33(14-16-55)56-42-39(41(46)49-27-50-42)40(51-56)30-6-3-28(4-7-30)23-48-43(57)36-22-32(45)8-11-37(36)59-2;7-4-2-1-3-5(8)6-4/h3-12,21-22,24,27,33H,13-20,23,25-26H2,1-2H3,(H,48,57)(H2,46,49,50);1-3H2,(H,6,7,8). The number of rotatable bonds is 10. The average Bonchev–Trinajstić information content (AvgIpc) is 3.88. The summed E-state index contributed by atoms with van der Waals surface area (Å²) in [7, 11) is 3.30. The van der Waals surface area contributed by atoms with Crippen LogP contribution in [0.15, 0.2) is 85.3 Å². The van der Waals surface area contributed by atoms with Crippen molar-refractivity contribution in [3.8, 4) is 17.0 Å². The van der Waals surface area contributed by atoms with E-state index < -0.39 is 11.7 Å². The van der Waals surface area contributed by atoms with Crippen LogP contribution in [0, 0.1) is 5.82 Å². The summed E-state index contributed by atoms with van der Waals surface area (Å²) in [6, 6.07) is 22.3. The number of benzene rings is 3. The van der Waals surface area contributed by atoms with Gasteiger partial charge in [0, 0.05) is 102 Å². The molecule has 10 rings (SSSR count). The van der Waals surface area contributed by atoms with E-state index in [1.165, 1.54) is 36.8 Å². The van der Waals surface area contributed by atoms with Gasteiger partial charge in [0.1, 0.15) is 35.2 Å². The number of ether oxygens (including phenoxy) is 1. The van der Waals surface area contributed by atoms with E-state index in [9.17, 15) is 23.6 Å². The Balaban J connectivity index is 0.000000638. The zero-order valence-corrected chi connectivity index (χ0v) is 37.6. The Kier molecular flexibility index (Phi) is 13.1. The Morgan fingerprint density at radius 3 is 2.30 bits per heavy atom. The summed E-state index contributed by atoms with van der Waals surface area (Å²) in [5.41, 5.74) is 14.0. The van der Waals surface area contributed by atoms with E-state index >= 15 is 0 Å². The van der Waals surface area contributed by atoms with Crippen molar-refractivity contribution in [1.82, 2.24) is 45.2 Å². The van der Waals surface area contributed by atoms with Crippen molar-refractivity contribution < 1.29 is 28.3 Å². The second-order valence-electron chi connectivity index (χ2n) is 17.3. The molecular formula is C49H53FN12O5. The fraction of sp³-hybridized carbons (Fsp3) is 0.347. The van der Waals surface area contributed by atoms with Crippen molar-refractivity contribution >= 4 is 52.0 Å². The maximum Gasteiger partial charge on any atom is 0.255 e. The van der Waals surface area contributed by atoms with E-state index in [1.807, 2.05) is 48.3 Å². The molecule has 0 unspecified atom stereocenters. The second-order valence-corrected chi connectivity index (χ2v) is 17.3. The first-order valence-electron chi connectivity index (χ1n) is 22.6. The zero-order valence-electron chi connectivity index (χ0n) is 37.6. The topological polar surface area (TPSA) is 197 Å². The molecule has 6 aromatic rings. The second kappa shape index (κ2) is 19.6. The number of nitrogens with two attached hydrogens (primary N) is 1. The van der Waals surface area contributed by atoms with Crippen LogP contribution < -0.4 is 30.9 Å². The molecule has 346 valence electrons. The molecule has 0 aliphatic carbocycles. The number of amides is 4. The van der Waals surface area contributed by atoms with Crippen LogP contribution >= 0.6 is 0 Å². The molecule has 0 atom stereocenters. The van der Waals surface area contributed by atoms with E-state index in [0.717, 1.165) is 92.8 Å². The Morgan fingerprint density at radius 1 is 0.866 bits per heavy atom. The molecule has 4 amide bonds. The van der Waals surface area contributed by atoms with Crippen LogP contribution in [0.25, 0.3) is 22.3 Å². The zero-order chi connectivity index (χ0) is 46.6. The Hall–Kier alpha value is -7.47. The lowest BCUT2D eigenvalue weighted by Crippen LogP contribution is -2.46. The Bertz CT molecular complexity index is 2790. The van der Waals surface area contributed by atoms with E-state index in [0.29, 0.717) is 54.1 Å². The van der Waals surface area contributed by atoms with Crippen molar-refractivity contribution in [3.05, 3.63) is 119 Å². The normalized spacial score (nSPS) is 16.7. The van der Waals surface area contributed by atoms with Crippen LogP contribution in [-0.4, -0.2) is 112 Å². The predicted molar refractivity (Wildman–Crippen MR) is 251 cm³/mol. The summed E-state index contributed by atoms with van der Waals surface area (Å²) in [6.07, 6.45) is 6.94. The third-order valence-electron chi connectivity index (χ3n) is 12.9. The molecular weight excluding hydrogens is 856 g/mol. The smallest absolute Gasteiger partial charge is 0.255 e. The number of imide groups is 1. The highest BCUT2D eigenvalue weighted by atomic mass is 19.1. The number of piperazine rings is 1. The van der Waals surface area contributed by atoms with Crippen molar-refractivity contribution in [1.29, 1.82) is 0 Å². The van der Waals surface area contributed by atoms with E-state index in [4.69, 9.17) is 20.6 Å². The van der Waals surface area contributed by atoms with Crippen LogP contribution in [-0.2, 0) is 29.2 Å². The molecule has 18 heteroatoms. The lowest BCUT2D eigenvalue weighted by Gasteiger charge is -2.36. The molecule has 0 radical (unpaired) electrons. The van der Waals surface area contributed by atoms with Crippen molar-refractivity contribution in [2.75, 3.05) is 69.0 Å². The first-order chi connectivity index (χ1) is 32.5. The van der Waals surface area contributed by atoms with Gasteiger partial charge in [-0.05, 0) is 78.4 Å². The number of hydrogen-bond donors (Lipinski definition) is 3. The number of nitrogens with zero attached hydrogens (tertiary/aromatic N) is 9. The van der Waals surface area contributed by atoms with E-state index in [1.54, 1.807) is 4.90 Å². The fourth-order valence-electron chi connectivity index (χ4n) is 9.17. The number of pyridine rings is 1. The number of halogens is 1. The molecule has 0 spiro atoms. The predicted octanol–water partition coefficient (Wildman–Crippen LogP) is 5.11. The fourth-order valence-corrected chi connectivity index (χ4v) is 9.17. The molecule has 17 nitrogen and oxygen atoms in total. The molecule has 0 bridgehead atoms. The summed E-state index contributed by atoms with van der Waals surface area (Å²) in [4.78, 5) is 68.6. The SMILES string of the molecule is COc1ccc(F)cc1C(=O)NCc1ccc(-c2nn(C3CCN(c4ccc(CN5CCN(c6ccc7c(c6)CN(C)C7=O)CC5)cn4)CC3)c3ncnc(N)c23)cc1.O=C1CCCC(=O)N1. The minimum atomic E-state index is -0.511. The quantitative estimate of drug-likeness (QED) is 0.154. The van der Waals surface area contributed by atoms with Gasteiger partial charge in [0.2, 0.25) is 11.8 Å². The third kappa shape index (κ3) is 9.89. The monoisotopic (exact) mass is 908 g/mol. The largest absolute Gasteiger partial charge is 0.496 e. The molecule has 3 aromatic heterocycles. The van der Waals surface area contributed by atoms with Gasteiger partial charge in [-0.2, -0.15) is 5.10 Å².